The van der Waals surface area contributed by atoms with Gasteiger partial charge in [0.25, 0.3) is 5.91 Å². The molecule has 0 saturated heterocycles. The lowest BCUT2D eigenvalue weighted by Gasteiger charge is -2.09. The van der Waals surface area contributed by atoms with Crippen LogP contribution in [0.4, 0.5) is 11.4 Å². The number of aromatic nitrogens is 3. The van der Waals surface area contributed by atoms with Gasteiger partial charge < -0.3 is 10.7 Å². The summed E-state index contributed by atoms with van der Waals surface area (Å²) in [5, 5.41) is 2.65. The molecule has 0 aromatic carbocycles. The van der Waals surface area contributed by atoms with Crippen molar-refractivity contribution in [2.45, 2.75) is 6.92 Å². The maximum Gasteiger partial charge on any atom is 0.259 e. The van der Waals surface area contributed by atoms with Crippen LogP contribution in [0.15, 0.2) is 31.0 Å². The van der Waals surface area contributed by atoms with Gasteiger partial charge in [0.2, 0.25) is 0 Å². The van der Waals surface area contributed by atoms with Crippen molar-refractivity contribution in [2.24, 2.45) is 5.84 Å². The van der Waals surface area contributed by atoms with E-state index in [0.717, 1.165) is 5.69 Å². The van der Waals surface area contributed by atoms with Crippen LogP contribution >= 0.6 is 0 Å². The van der Waals surface area contributed by atoms with E-state index in [0.29, 0.717) is 16.9 Å². The molecule has 2 aromatic heterocycles. The van der Waals surface area contributed by atoms with Crippen molar-refractivity contribution in [3.05, 3.63) is 42.2 Å². The van der Waals surface area contributed by atoms with Crippen molar-refractivity contribution in [1.29, 1.82) is 0 Å². The van der Waals surface area contributed by atoms with Gasteiger partial charge in [0.1, 0.15) is 6.33 Å². The monoisotopic (exact) mass is 244 g/mol. The molecule has 0 bridgehead atoms. The predicted octanol–water partition coefficient (Wildman–Crippen LogP) is 0.718. The van der Waals surface area contributed by atoms with Crippen LogP contribution in [0.3, 0.4) is 0 Å². The molecule has 92 valence electrons. The van der Waals surface area contributed by atoms with Crippen LogP contribution in [0.2, 0.25) is 0 Å². The normalized spacial score (nSPS) is 9.89. The number of aryl methyl sites for hydroxylation is 1. The Morgan fingerprint density at radius 2 is 2.00 bits per heavy atom. The van der Waals surface area contributed by atoms with Gasteiger partial charge in [-0.15, -0.1) is 0 Å². The zero-order valence-electron chi connectivity index (χ0n) is 9.71. The molecule has 18 heavy (non-hydrogen) atoms. The first kappa shape index (κ1) is 11.9. The third-order valence-corrected chi connectivity index (χ3v) is 2.26. The minimum absolute atomic E-state index is 0.328. The van der Waals surface area contributed by atoms with Gasteiger partial charge in [0, 0.05) is 11.9 Å². The first-order valence-electron chi connectivity index (χ1n) is 5.20. The Kier molecular flexibility index (Phi) is 3.44. The number of carbonyl (C=O) groups is 1. The molecule has 0 unspecified atom stereocenters. The molecule has 0 atom stereocenters. The largest absolute Gasteiger partial charge is 0.323 e. The number of nitrogens with zero attached hydrogens (tertiary/aromatic N) is 3. The SMILES string of the molecule is Cc1cc(NN)c(C(=O)Nc2cncnc2)cn1. The molecule has 2 heterocycles. The molecular weight excluding hydrogens is 232 g/mol. The highest BCUT2D eigenvalue weighted by atomic mass is 16.1. The number of hydrogen-bond acceptors (Lipinski definition) is 6. The number of anilines is 2. The van der Waals surface area contributed by atoms with Gasteiger partial charge in [-0.25, -0.2) is 9.97 Å². The summed E-state index contributed by atoms with van der Waals surface area (Å²) in [6.45, 7) is 1.81. The Hall–Kier alpha value is -2.54. The van der Waals surface area contributed by atoms with Crippen molar-refractivity contribution < 1.29 is 4.79 Å². The highest BCUT2D eigenvalue weighted by Gasteiger charge is 2.12. The molecule has 0 spiro atoms. The van der Waals surface area contributed by atoms with E-state index in [1.54, 1.807) is 6.07 Å². The maximum absolute atomic E-state index is 12.0. The summed E-state index contributed by atoms with van der Waals surface area (Å²) in [7, 11) is 0. The Balaban J connectivity index is 2.24. The van der Waals surface area contributed by atoms with Crippen LogP contribution in [-0.2, 0) is 0 Å². The first-order valence-corrected chi connectivity index (χ1v) is 5.20. The summed E-state index contributed by atoms with van der Waals surface area (Å²) in [6.07, 6.45) is 5.85. The Morgan fingerprint density at radius 3 is 2.67 bits per heavy atom. The average molecular weight is 244 g/mol. The second-order valence-corrected chi connectivity index (χ2v) is 3.60. The molecule has 2 aromatic rings. The van der Waals surface area contributed by atoms with Crippen molar-refractivity contribution in [1.82, 2.24) is 15.0 Å². The molecule has 4 N–H and O–H groups in total. The zero-order chi connectivity index (χ0) is 13.0. The molecule has 0 aliphatic heterocycles. The van der Waals surface area contributed by atoms with E-state index in [1.165, 1.54) is 24.9 Å². The number of amides is 1. The van der Waals surface area contributed by atoms with Crippen LogP contribution in [0.25, 0.3) is 0 Å². The van der Waals surface area contributed by atoms with Crippen LogP contribution in [0.5, 0.6) is 0 Å². The smallest absolute Gasteiger partial charge is 0.259 e. The number of nitrogens with two attached hydrogens (primary N) is 1. The van der Waals surface area contributed by atoms with Gasteiger partial charge in [0.05, 0.1) is 29.3 Å². The summed E-state index contributed by atoms with van der Waals surface area (Å²) in [4.78, 5) is 23.7. The first-order chi connectivity index (χ1) is 8.70. The van der Waals surface area contributed by atoms with E-state index >= 15 is 0 Å². The minimum Gasteiger partial charge on any atom is -0.323 e. The minimum atomic E-state index is -0.328. The topological polar surface area (TPSA) is 106 Å². The van der Waals surface area contributed by atoms with Gasteiger partial charge in [-0.3, -0.25) is 15.6 Å². The molecule has 0 radical (unpaired) electrons. The molecule has 2 rings (SSSR count). The van der Waals surface area contributed by atoms with E-state index in [-0.39, 0.29) is 5.91 Å². The molecule has 0 aliphatic carbocycles. The standard InChI is InChI=1S/C11H12N6O/c1-7-2-10(17-12)9(5-15-7)11(18)16-8-3-13-6-14-4-8/h2-6H,12H2,1H3,(H,15,17)(H,16,18). The van der Waals surface area contributed by atoms with Gasteiger partial charge in [-0.05, 0) is 13.0 Å². The number of carbonyl (C=O) groups excluding carboxylic acids is 1. The predicted molar refractivity (Wildman–Crippen MR) is 66.8 cm³/mol. The third-order valence-electron chi connectivity index (χ3n) is 2.26. The second-order valence-electron chi connectivity index (χ2n) is 3.60. The van der Waals surface area contributed by atoms with E-state index in [2.05, 4.69) is 25.7 Å². The van der Waals surface area contributed by atoms with Gasteiger partial charge in [-0.1, -0.05) is 0 Å². The molecule has 1 amide bonds. The molecule has 0 aliphatic rings. The summed E-state index contributed by atoms with van der Waals surface area (Å²) < 4.78 is 0. The number of pyridine rings is 1. The van der Waals surface area contributed by atoms with E-state index in [1.807, 2.05) is 6.92 Å². The Morgan fingerprint density at radius 1 is 1.28 bits per heavy atom. The summed E-state index contributed by atoms with van der Waals surface area (Å²) in [6, 6.07) is 1.69. The highest BCUT2D eigenvalue weighted by Crippen LogP contribution is 2.16. The number of rotatable bonds is 3. The number of hydrazine groups is 1. The van der Waals surface area contributed by atoms with Gasteiger partial charge in [-0.2, -0.15) is 0 Å². The zero-order valence-corrected chi connectivity index (χ0v) is 9.71. The van der Waals surface area contributed by atoms with E-state index in [4.69, 9.17) is 5.84 Å². The van der Waals surface area contributed by atoms with Crippen molar-refractivity contribution in [3.8, 4) is 0 Å². The summed E-state index contributed by atoms with van der Waals surface area (Å²) in [5.74, 6) is 5.04. The molecule has 0 saturated carbocycles. The van der Waals surface area contributed by atoms with Gasteiger partial charge in [0.15, 0.2) is 0 Å². The second kappa shape index (κ2) is 5.19. The van der Waals surface area contributed by atoms with E-state index < -0.39 is 0 Å². The number of nitrogen functional groups attached to an aromatic ring is 1. The fourth-order valence-electron chi connectivity index (χ4n) is 1.42. The molecule has 0 fully saturated rings. The fourth-order valence-corrected chi connectivity index (χ4v) is 1.42. The Labute approximate surface area is 103 Å². The number of nitrogens with one attached hydrogen (secondary N) is 2. The number of hydrogen-bond donors (Lipinski definition) is 3. The fraction of sp³-hybridized carbons (Fsp3) is 0.0909. The quantitative estimate of drug-likeness (QED) is 0.542. The lowest BCUT2D eigenvalue weighted by Crippen LogP contribution is -2.18. The van der Waals surface area contributed by atoms with Gasteiger partial charge >= 0.3 is 0 Å². The summed E-state index contributed by atoms with van der Waals surface area (Å²) in [5.41, 5.74) is 4.61. The molecular formula is C11H12N6O. The average Bonchev–Trinajstić information content (AvgIpc) is 2.39. The molecule has 7 nitrogen and oxygen atoms in total. The third kappa shape index (κ3) is 2.58. The van der Waals surface area contributed by atoms with Crippen LogP contribution in [0.1, 0.15) is 16.1 Å². The lowest BCUT2D eigenvalue weighted by atomic mass is 10.2. The maximum atomic E-state index is 12.0. The van der Waals surface area contributed by atoms with Crippen molar-refractivity contribution in [2.75, 3.05) is 10.7 Å². The highest BCUT2D eigenvalue weighted by molar-refractivity contribution is 6.07. The lowest BCUT2D eigenvalue weighted by molar-refractivity contribution is 0.102. The molecule has 7 heteroatoms. The van der Waals surface area contributed by atoms with Crippen molar-refractivity contribution >= 4 is 17.3 Å². The van der Waals surface area contributed by atoms with Crippen molar-refractivity contribution in [3.63, 3.8) is 0 Å². The Bertz CT molecular complexity index is 557. The van der Waals surface area contributed by atoms with Crippen LogP contribution < -0.4 is 16.6 Å². The van der Waals surface area contributed by atoms with Crippen LogP contribution in [-0.4, -0.2) is 20.9 Å². The van der Waals surface area contributed by atoms with Crippen LogP contribution in [0, 0.1) is 6.92 Å². The van der Waals surface area contributed by atoms with E-state index in [9.17, 15) is 4.79 Å². The summed E-state index contributed by atoms with van der Waals surface area (Å²) >= 11 is 0.